The van der Waals surface area contributed by atoms with Crippen LogP contribution in [0.2, 0.25) is 0 Å². The summed E-state index contributed by atoms with van der Waals surface area (Å²) in [6.07, 6.45) is 11.0. The van der Waals surface area contributed by atoms with Crippen molar-refractivity contribution in [3.63, 3.8) is 0 Å². The van der Waals surface area contributed by atoms with Gasteiger partial charge in [0.05, 0.1) is 5.41 Å². The van der Waals surface area contributed by atoms with Gasteiger partial charge < -0.3 is 20.9 Å². The van der Waals surface area contributed by atoms with Gasteiger partial charge in [0.2, 0.25) is 5.91 Å². The summed E-state index contributed by atoms with van der Waals surface area (Å²) in [5.41, 5.74) is 13.6. The van der Waals surface area contributed by atoms with Crippen molar-refractivity contribution < 1.29 is 9.59 Å². The largest absolute Gasteiger partial charge is 0.354 e. The topological polar surface area (TPSA) is 91.2 Å². The van der Waals surface area contributed by atoms with E-state index in [1.165, 1.54) is 23.1 Å². The molecular formula is C37H52N4O2. The molecule has 0 spiro atoms. The molecule has 0 saturated heterocycles. The Bertz CT molecular complexity index is 1430. The third kappa shape index (κ3) is 9.47. The van der Waals surface area contributed by atoms with Crippen LogP contribution < -0.4 is 11.1 Å². The van der Waals surface area contributed by atoms with Crippen LogP contribution >= 0.6 is 0 Å². The normalized spacial score (nSPS) is 11.8. The van der Waals surface area contributed by atoms with E-state index in [0.29, 0.717) is 26.1 Å². The standard InChI is InChI=1S/C27H36N4O2.C10H16/c1-7-31(8-2)25(32)27(5,6)20-9-10-23-22(16-20)21(11-12-29-26(28)33)24(30-23)19-14-17(3)13-18(4)15-19;1-4-7-9-10(6-3)8-5-2/h9-10,13-16,30H,7-8,11-12H2,1-6H3,(H3,28,29,33);4,6-7,9H,3,5,8H2,1-2H3/b;7-4-,10-9+. The van der Waals surface area contributed by atoms with Crippen molar-refractivity contribution in [1.82, 2.24) is 15.2 Å². The number of aryl methyl sites for hydroxylation is 2. The maximum Gasteiger partial charge on any atom is 0.312 e. The second kappa shape index (κ2) is 16.5. The fourth-order valence-electron chi connectivity index (χ4n) is 5.36. The van der Waals surface area contributed by atoms with Gasteiger partial charge in [-0.3, -0.25) is 4.79 Å². The van der Waals surface area contributed by atoms with Gasteiger partial charge >= 0.3 is 6.03 Å². The second-order valence-electron chi connectivity index (χ2n) is 11.5. The number of nitrogens with two attached hydrogens (primary N) is 1. The minimum Gasteiger partial charge on any atom is -0.354 e. The van der Waals surface area contributed by atoms with Gasteiger partial charge in [-0.2, -0.15) is 0 Å². The lowest BCUT2D eigenvalue weighted by atomic mass is 9.82. The van der Waals surface area contributed by atoms with Gasteiger partial charge in [0.1, 0.15) is 0 Å². The van der Waals surface area contributed by atoms with E-state index in [2.05, 4.69) is 74.1 Å². The van der Waals surface area contributed by atoms with E-state index in [9.17, 15) is 9.59 Å². The van der Waals surface area contributed by atoms with Crippen LogP contribution in [-0.4, -0.2) is 41.5 Å². The zero-order chi connectivity index (χ0) is 32.2. The Morgan fingerprint density at radius 2 is 1.70 bits per heavy atom. The molecule has 3 amide bonds. The van der Waals surface area contributed by atoms with Gasteiger partial charge in [-0.05, 0) is 108 Å². The number of hydrogen-bond donors (Lipinski definition) is 3. The number of nitrogens with zero attached hydrogens (tertiary/aromatic N) is 1. The number of primary amides is 1. The second-order valence-corrected chi connectivity index (χ2v) is 11.5. The van der Waals surface area contributed by atoms with E-state index in [4.69, 9.17) is 5.73 Å². The van der Waals surface area contributed by atoms with E-state index in [1.54, 1.807) is 0 Å². The average Bonchev–Trinajstić information content (AvgIpc) is 3.33. The Hall–Kier alpha value is -4.06. The Kier molecular flexibility index (Phi) is 13.5. The first-order valence-electron chi connectivity index (χ1n) is 15.4. The number of carbonyl (C=O) groups is 2. The molecule has 43 heavy (non-hydrogen) atoms. The third-order valence-corrected chi connectivity index (χ3v) is 7.70. The third-order valence-electron chi connectivity index (χ3n) is 7.70. The molecule has 0 aliphatic heterocycles. The molecule has 6 heteroatoms. The number of fused-ring (bicyclic) bond motifs is 1. The summed E-state index contributed by atoms with van der Waals surface area (Å²) in [6.45, 7) is 21.9. The summed E-state index contributed by atoms with van der Waals surface area (Å²) in [4.78, 5) is 30.0. The average molecular weight is 585 g/mol. The highest BCUT2D eigenvalue weighted by atomic mass is 16.2. The van der Waals surface area contributed by atoms with Crippen LogP contribution in [0.5, 0.6) is 0 Å². The fourth-order valence-corrected chi connectivity index (χ4v) is 5.36. The number of H-pyrrole nitrogens is 1. The van der Waals surface area contributed by atoms with E-state index >= 15 is 0 Å². The summed E-state index contributed by atoms with van der Waals surface area (Å²) in [6, 6.07) is 12.2. The molecule has 0 unspecified atom stereocenters. The SMILES string of the molecule is C=C/C(=C\C=C/C)CCC.CCN(CC)C(=O)C(C)(C)c1ccc2[nH]c(-c3cc(C)cc(C)c3)c(CCNC(N)=O)c2c1. The molecule has 0 aliphatic rings. The van der Waals surface area contributed by atoms with Crippen LogP contribution in [0.1, 0.15) is 76.6 Å². The molecule has 0 fully saturated rings. The van der Waals surface area contributed by atoms with Crippen LogP contribution in [0.4, 0.5) is 4.79 Å². The van der Waals surface area contributed by atoms with Gasteiger partial charge in [-0.15, -0.1) is 0 Å². The number of urea groups is 1. The predicted molar refractivity (Wildman–Crippen MR) is 183 cm³/mol. The molecular weight excluding hydrogens is 532 g/mol. The van der Waals surface area contributed by atoms with Crippen molar-refractivity contribution in [1.29, 1.82) is 0 Å². The Morgan fingerprint density at radius 1 is 1.05 bits per heavy atom. The molecule has 1 heterocycles. The number of nitrogens with one attached hydrogen (secondary N) is 2. The predicted octanol–water partition coefficient (Wildman–Crippen LogP) is 8.28. The zero-order valence-electron chi connectivity index (χ0n) is 27.6. The monoisotopic (exact) mass is 584 g/mol. The van der Waals surface area contributed by atoms with E-state index in [0.717, 1.165) is 39.7 Å². The lowest BCUT2D eigenvalue weighted by molar-refractivity contribution is -0.135. The summed E-state index contributed by atoms with van der Waals surface area (Å²) in [5, 5.41) is 3.77. The molecule has 2 aromatic carbocycles. The quantitative estimate of drug-likeness (QED) is 0.187. The first kappa shape index (κ1) is 35.1. The molecule has 232 valence electrons. The van der Waals surface area contributed by atoms with Gasteiger partial charge in [-0.25, -0.2) is 4.79 Å². The summed E-state index contributed by atoms with van der Waals surface area (Å²) >= 11 is 0. The fraction of sp³-hybridized carbons (Fsp3) is 0.405. The smallest absolute Gasteiger partial charge is 0.312 e. The van der Waals surface area contributed by atoms with Crippen LogP contribution in [0.25, 0.3) is 22.2 Å². The number of aromatic amines is 1. The molecule has 3 aromatic rings. The first-order chi connectivity index (χ1) is 20.4. The van der Waals surface area contributed by atoms with Crippen molar-refractivity contribution in [2.24, 2.45) is 5.73 Å². The highest BCUT2D eigenvalue weighted by Gasteiger charge is 2.33. The molecule has 1 aromatic heterocycles. The summed E-state index contributed by atoms with van der Waals surface area (Å²) in [7, 11) is 0. The first-order valence-corrected chi connectivity index (χ1v) is 15.4. The molecule has 0 radical (unpaired) electrons. The number of carbonyl (C=O) groups excluding carboxylic acids is 2. The zero-order valence-corrected chi connectivity index (χ0v) is 27.6. The van der Waals surface area contributed by atoms with Gasteiger partial charge in [0, 0.05) is 36.2 Å². The Balaban J connectivity index is 0.000000553. The number of allylic oxidation sites excluding steroid dienone is 5. The Labute approximate surface area is 259 Å². The van der Waals surface area contributed by atoms with Crippen LogP contribution in [0.3, 0.4) is 0 Å². The molecule has 0 bridgehead atoms. The number of hydrogen-bond acceptors (Lipinski definition) is 2. The lowest BCUT2D eigenvalue weighted by Gasteiger charge is -2.31. The number of benzene rings is 2. The number of aromatic nitrogens is 1. The summed E-state index contributed by atoms with van der Waals surface area (Å²) in [5.74, 6) is 0.119. The van der Waals surface area contributed by atoms with Crippen molar-refractivity contribution in [2.75, 3.05) is 19.6 Å². The molecule has 4 N–H and O–H groups in total. The minimum atomic E-state index is -0.652. The number of amides is 3. The maximum atomic E-state index is 13.3. The molecule has 0 saturated carbocycles. The molecule has 0 aliphatic carbocycles. The van der Waals surface area contributed by atoms with Crippen LogP contribution in [-0.2, 0) is 16.6 Å². The van der Waals surface area contributed by atoms with E-state index in [-0.39, 0.29) is 5.91 Å². The van der Waals surface area contributed by atoms with Crippen molar-refractivity contribution in [3.8, 4) is 11.3 Å². The van der Waals surface area contributed by atoms with E-state index in [1.807, 2.05) is 63.8 Å². The minimum absolute atomic E-state index is 0.119. The highest BCUT2D eigenvalue weighted by Crippen LogP contribution is 2.35. The maximum absolute atomic E-state index is 13.3. The molecule has 6 nitrogen and oxygen atoms in total. The van der Waals surface area contributed by atoms with Crippen molar-refractivity contribution in [2.45, 2.75) is 80.1 Å². The van der Waals surface area contributed by atoms with Gasteiger partial charge in [0.25, 0.3) is 0 Å². The van der Waals surface area contributed by atoms with Crippen LogP contribution in [0, 0.1) is 13.8 Å². The molecule has 0 atom stereocenters. The van der Waals surface area contributed by atoms with Crippen molar-refractivity contribution in [3.05, 3.63) is 95.1 Å². The van der Waals surface area contributed by atoms with Gasteiger partial charge in [0.15, 0.2) is 0 Å². The highest BCUT2D eigenvalue weighted by molar-refractivity contribution is 5.94. The molecule has 3 rings (SSSR count). The number of likely N-dealkylation sites (N-methyl/N-ethyl adjacent to an activating group) is 1. The van der Waals surface area contributed by atoms with Crippen LogP contribution in [0.15, 0.2) is 72.9 Å². The van der Waals surface area contributed by atoms with Gasteiger partial charge in [-0.1, -0.05) is 67.5 Å². The lowest BCUT2D eigenvalue weighted by Crippen LogP contribution is -2.43. The summed E-state index contributed by atoms with van der Waals surface area (Å²) < 4.78 is 0. The Morgan fingerprint density at radius 3 is 2.23 bits per heavy atom. The van der Waals surface area contributed by atoms with Crippen molar-refractivity contribution >= 4 is 22.8 Å². The number of rotatable bonds is 12. The van der Waals surface area contributed by atoms with E-state index < -0.39 is 11.4 Å².